The SMILES string of the molecule is O=c1cccc(-c2ccc(CO)o2)[nH]1. The number of rotatable bonds is 2. The third-order valence-corrected chi connectivity index (χ3v) is 1.85. The van der Waals surface area contributed by atoms with E-state index in [0.717, 1.165) is 0 Å². The first-order valence-electron chi connectivity index (χ1n) is 4.19. The Morgan fingerprint density at radius 3 is 2.79 bits per heavy atom. The Balaban J connectivity index is 2.44. The van der Waals surface area contributed by atoms with Crippen molar-refractivity contribution < 1.29 is 9.52 Å². The van der Waals surface area contributed by atoms with Gasteiger partial charge >= 0.3 is 0 Å². The van der Waals surface area contributed by atoms with Gasteiger partial charge < -0.3 is 14.5 Å². The fraction of sp³-hybridized carbons (Fsp3) is 0.100. The van der Waals surface area contributed by atoms with E-state index in [0.29, 0.717) is 17.2 Å². The number of hydrogen-bond donors (Lipinski definition) is 2. The van der Waals surface area contributed by atoms with E-state index >= 15 is 0 Å². The van der Waals surface area contributed by atoms with Crippen molar-refractivity contribution in [2.24, 2.45) is 0 Å². The molecule has 0 radical (unpaired) electrons. The van der Waals surface area contributed by atoms with Gasteiger partial charge in [-0.05, 0) is 18.2 Å². The summed E-state index contributed by atoms with van der Waals surface area (Å²) in [5, 5.41) is 8.79. The van der Waals surface area contributed by atoms with Crippen molar-refractivity contribution in [1.29, 1.82) is 0 Å². The van der Waals surface area contributed by atoms with Crippen LogP contribution in [0.1, 0.15) is 5.76 Å². The molecule has 0 amide bonds. The highest BCUT2D eigenvalue weighted by atomic mass is 16.4. The summed E-state index contributed by atoms with van der Waals surface area (Å²) in [5.41, 5.74) is 0.432. The van der Waals surface area contributed by atoms with Gasteiger partial charge in [0.1, 0.15) is 12.4 Å². The Morgan fingerprint density at radius 2 is 2.14 bits per heavy atom. The number of nitrogens with one attached hydrogen (secondary N) is 1. The van der Waals surface area contributed by atoms with Gasteiger partial charge in [-0.25, -0.2) is 0 Å². The van der Waals surface area contributed by atoms with Crippen LogP contribution in [0.15, 0.2) is 39.5 Å². The Kier molecular flexibility index (Phi) is 2.20. The normalized spacial score (nSPS) is 10.4. The van der Waals surface area contributed by atoms with Crippen LogP contribution in [-0.4, -0.2) is 10.1 Å². The topological polar surface area (TPSA) is 66.2 Å². The second-order valence-electron chi connectivity index (χ2n) is 2.85. The molecular weight excluding hydrogens is 182 g/mol. The van der Waals surface area contributed by atoms with Crippen LogP contribution >= 0.6 is 0 Å². The lowest BCUT2D eigenvalue weighted by molar-refractivity contribution is 0.248. The van der Waals surface area contributed by atoms with Crippen molar-refractivity contribution in [2.45, 2.75) is 6.61 Å². The number of H-pyrrole nitrogens is 1. The first-order valence-corrected chi connectivity index (χ1v) is 4.19. The predicted molar refractivity (Wildman–Crippen MR) is 50.7 cm³/mol. The molecule has 0 saturated heterocycles. The first-order chi connectivity index (χ1) is 6.79. The lowest BCUT2D eigenvalue weighted by Crippen LogP contribution is -2.02. The molecule has 0 spiro atoms. The summed E-state index contributed by atoms with van der Waals surface area (Å²) >= 11 is 0. The fourth-order valence-corrected chi connectivity index (χ4v) is 1.20. The lowest BCUT2D eigenvalue weighted by Gasteiger charge is -1.95. The molecule has 2 rings (SSSR count). The molecule has 0 aliphatic heterocycles. The average Bonchev–Trinajstić information content (AvgIpc) is 2.66. The molecule has 14 heavy (non-hydrogen) atoms. The molecule has 2 N–H and O–H groups in total. The minimum absolute atomic E-state index is 0.142. The van der Waals surface area contributed by atoms with Gasteiger partial charge in [-0.3, -0.25) is 4.79 Å². The Labute approximate surface area is 79.8 Å². The van der Waals surface area contributed by atoms with E-state index in [2.05, 4.69) is 4.98 Å². The number of aliphatic hydroxyl groups excluding tert-OH is 1. The van der Waals surface area contributed by atoms with Crippen LogP contribution in [-0.2, 0) is 6.61 Å². The maximum atomic E-state index is 11.0. The van der Waals surface area contributed by atoms with Gasteiger partial charge in [-0.15, -0.1) is 0 Å². The first kappa shape index (κ1) is 8.77. The summed E-state index contributed by atoms with van der Waals surface area (Å²) in [7, 11) is 0. The molecule has 2 heterocycles. The zero-order valence-corrected chi connectivity index (χ0v) is 7.36. The summed E-state index contributed by atoms with van der Waals surface area (Å²) in [6.07, 6.45) is 0. The zero-order valence-electron chi connectivity index (χ0n) is 7.36. The van der Waals surface area contributed by atoms with Gasteiger partial charge in [-0.1, -0.05) is 6.07 Å². The zero-order chi connectivity index (χ0) is 9.97. The van der Waals surface area contributed by atoms with Gasteiger partial charge in [0, 0.05) is 6.07 Å². The van der Waals surface area contributed by atoms with Crippen molar-refractivity contribution in [2.75, 3.05) is 0 Å². The van der Waals surface area contributed by atoms with Crippen LogP contribution < -0.4 is 5.56 Å². The number of aromatic nitrogens is 1. The highest BCUT2D eigenvalue weighted by Gasteiger charge is 2.03. The molecule has 0 aliphatic carbocycles. The van der Waals surface area contributed by atoms with Gasteiger partial charge in [0.15, 0.2) is 5.76 Å². The number of aliphatic hydroxyl groups is 1. The quantitative estimate of drug-likeness (QED) is 0.747. The van der Waals surface area contributed by atoms with E-state index < -0.39 is 0 Å². The number of hydrogen-bond acceptors (Lipinski definition) is 3. The van der Waals surface area contributed by atoms with Crippen molar-refractivity contribution >= 4 is 0 Å². The molecule has 2 aromatic rings. The van der Waals surface area contributed by atoms with Crippen LogP contribution in [0.25, 0.3) is 11.5 Å². The van der Waals surface area contributed by atoms with Crippen molar-refractivity contribution in [3.05, 3.63) is 46.4 Å². The molecule has 4 heteroatoms. The summed E-state index contributed by atoms with van der Waals surface area (Å²) in [6.45, 7) is -0.142. The minimum atomic E-state index is -0.176. The van der Waals surface area contributed by atoms with Crippen LogP contribution in [0.5, 0.6) is 0 Å². The Bertz CT molecular complexity index is 484. The molecule has 0 aliphatic rings. The summed E-state index contributed by atoms with van der Waals surface area (Å²) in [5.74, 6) is 1.02. The standard InChI is InChI=1S/C10H9NO3/c12-6-7-4-5-9(14-7)8-2-1-3-10(13)11-8/h1-5,12H,6H2,(H,11,13). The third kappa shape index (κ3) is 1.60. The van der Waals surface area contributed by atoms with Crippen LogP contribution in [0.2, 0.25) is 0 Å². The number of furan rings is 1. The highest BCUT2D eigenvalue weighted by Crippen LogP contribution is 2.18. The third-order valence-electron chi connectivity index (χ3n) is 1.85. The van der Waals surface area contributed by atoms with Gasteiger partial charge in [0.05, 0.1) is 5.69 Å². The second-order valence-corrected chi connectivity index (χ2v) is 2.85. The Hall–Kier alpha value is -1.81. The summed E-state index contributed by atoms with van der Waals surface area (Å²) in [6, 6.07) is 8.19. The van der Waals surface area contributed by atoms with E-state index in [4.69, 9.17) is 9.52 Å². The second kappa shape index (κ2) is 3.51. The van der Waals surface area contributed by atoms with Gasteiger partial charge in [0.2, 0.25) is 5.56 Å². The summed E-state index contributed by atoms with van der Waals surface area (Å²) < 4.78 is 5.25. The minimum Gasteiger partial charge on any atom is -0.457 e. The van der Waals surface area contributed by atoms with E-state index in [-0.39, 0.29) is 12.2 Å². The molecule has 2 aromatic heterocycles. The van der Waals surface area contributed by atoms with Crippen LogP contribution in [0, 0.1) is 0 Å². The lowest BCUT2D eigenvalue weighted by atomic mass is 10.3. The number of pyridine rings is 1. The average molecular weight is 191 g/mol. The van der Waals surface area contributed by atoms with Crippen molar-refractivity contribution in [1.82, 2.24) is 4.98 Å². The maximum Gasteiger partial charge on any atom is 0.248 e. The van der Waals surface area contributed by atoms with E-state index in [1.807, 2.05) is 0 Å². The largest absolute Gasteiger partial charge is 0.457 e. The molecule has 0 saturated carbocycles. The van der Waals surface area contributed by atoms with Crippen molar-refractivity contribution in [3.63, 3.8) is 0 Å². The highest BCUT2D eigenvalue weighted by molar-refractivity contribution is 5.51. The maximum absolute atomic E-state index is 11.0. The van der Waals surface area contributed by atoms with E-state index in [1.54, 1.807) is 24.3 Å². The molecule has 72 valence electrons. The molecular formula is C10H9NO3. The fourth-order valence-electron chi connectivity index (χ4n) is 1.20. The van der Waals surface area contributed by atoms with Crippen LogP contribution in [0.4, 0.5) is 0 Å². The van der Waals surface area contributed by atoms with E-state index in [9.17, 15) is 4.79 Å². The number of aromatic amines is 1. The van der Waals surface area contributed by atoms with E-state index in [1.165, 1.54) is 6.07 Å². The van der Waals surface area contributed by atoms with Crippen LogP contribution in [0.3, 0.4) is 0 Å². The van der Waals surface area contributed by atoms with Crippen molar-refractivity contribution in [3.8, 4) is 11.5 Å². The molecule has 0 atom stereocenters. The Morgan fingerprint density at radius 1 is 1.29 bits per heavy atom. The summed E-state index contributed by atoms with van der Waals surface area (Å²) in [4.78, 5) is 13.6. The molecule has 0 unspecified atom stereocenters. The molecule has 0 aromatic carbocycles. The monoisotopic (exact) mass is 191 g/mol. The smallest absolute Gasteiger partial charge is 0.248 e. The molecule has 0 fully saturated rings. The molecule has 0 bridgehead atoms. The van der Waals surface area contributed by atoms with Gasteiger partial charge in [0.25, 0.3) is 0 Å². The van der Waals surface area contributed by atoms with Gasteiger partial charge in [-0.2, -0.15) is 0 Å². The molecule has 4 nitrogen and oxygen atoms in total. The predicted octanol–water partition coefficient (Wildman–Crippen LogP) is 1.13.